The number of nitrogens with zero attached hydrogens (tertiary/aromatic N) is 5. The van der Waals surface area contributed by atoms with E-state index in [9.17, 15) is 0 Å². The van der Waals surface area contributed by atoms with Gasteiger partial charge < -0.3 is 14.8 Å². The zero-order chi connectivity index (χ0) is 15.9. The monoisotopic (exact) mass is 492 g/mol. The Morgan fingerprint density at radius 1 is 1.39 bits per heavy atom. The van der Waals surface area contributed by atoms with Crippen LogP contribution in [-0.2, 0) is 19.6 Å². The SMILES string of the molecule is CCn1cnnc1CNC(=NC)N(C)Cc1ccccc1Br.I. The fourth-order valence-electron chi connectivity index (χ4n) is 2.18. The first-order valence-corrected chi connectivity index (χ1v) is 7.96. The number of nitrogens with one attached hydrogen (secondary N) is 1. The van der Waals surface area contributed by atoms with Crippen molar-refractivity contribution >= 4 is 45.9 Å². The smallest absolute Gasteiger partial charge is 0.194 e. The molecular weight excluding hydrogens is 471 g/mol. The molecule has 0 radical (unpaired) electrons. The van der Waals surface area contributed by atoms with Crippen molar-refractivity contribution < 1.29 is 0 Å². The van der Waals surface area contributed by atoms with Crippen molar-refractivity contribution in [2.24, 2.45) is 4.99 Å². The van der Waals surface area contributed by atoms with Crippen molar-refractivity contribution in [2.75, 3.05) is 14.1 Å². The van der Waals surface area contributed by atoms with Crippen molar-refractivity contribution in [2.45, 2.75) is 26.6 Å². The lowest BCUT2D eigenvalue weighted by Crippen LogP contribution is -2.38. The van der Waals surface area contributed by atoms with Crippen LogP contribution in [0.1, 0.15) is 18.3 Å². The van der Waals surface area contributed by atoms with Gasteiger partial charge in [0.25, 0.3) is 0 Å². The van der Waals surface area contributed by atoms with Crippen LogP contribution in [0.15, 0.2) is 40.1 Å². The van der Waals surface area contributed by atoms with Gasteiger partial charge in [-0.15, -0.1) is 34.2 Å². The number of aliphatic imine (C=N–C) groups is 1. The summed E-state index contributed by atoms with van der Waals surface area (Å²) < 4.78 is 3.11. The molecule has 0 saturated heterocycles. The number of rotatable bonds is 5. The predicted molar refractivity (Wildman–Crippen MR) is 107 cm³/mol. The summed E-state index contributed by atoms with van der Waals surface area (Å²) in [5, 5.41) is 11.4. The van der Waals surface area contributed by atoms with Crippen LogP contribution in [0.25, 0.3) is 0 Å². The van der Waals surface area contributed by atoms with Gasteiger partial charge in [0, 0.05) is 31.7 Å². The Morgan fingerprint density at radius 3 is 2.78 bits per heavy atom. The molecule has 0 aliphatic carbocycles. The molecule has 0 aliphatic heterocycles. The van der Waals surface area contributed by atoms with E-state index < -0.39 is 0 Å². The molecule has 6 nitrogen and oxygen atoms in total. The minimum absolute atomic E-state index is 0. The Balaban J connectivity index is 0.00000264. The summed E-state index contributed by atoms with van der Waals surface area (Å²) in [6, 6.07) is 8.19. The minimum Gasteiger partial charge on any atom is -0.349 e. The summed E-state index contributed by atoms with van der Waals surface area (Å²) in [5.41, 5.74) is 1.21. The molecule has 0 spiro atoms. The van der Waals surface area contributed by atoms with Gasteiger partial charge in [-0.25, -0.2) is 0 Å². The van der Waals surface area contributed by atoms with E-state index >= 15 is 0 Å². The summed E-state index contributed by atoms with van der Waals surface area (Å²) in [4.78, 5) is 6.40. The molecule has 2 aromatic rings. The molecule has 126 valence electrons. The average Bonchev–Trinajstić information content (AvgIpc) is 2.98. The first-order chi connectivity index (χ1) is 10.7. The quantitative estimate of drug-likeness (QED) is 0.396. The Labute approximate surface area is 162 Å². The van der Waals surface area contributed by atoms with Gasteiger partial charge in [-0.05, 0) is 18.6 Å². The summed E-state index contributed by atoms with van der Waals surface area (Å²) in [6.07, 6.45) is 1.74. The molecule has 1 aromatic carbocycles. The second-order valence-electron chi connectivity index (χ2n) is 4.88. The second-order valence-corrected chi connectivity index (χ2v) is 5.74. The molecule has 1 N–H and O–H groups in total. The number of halogens is 2. The zero-order valence-electron chi connectivity index (χ0n) is 13.5. The third-order valence-corrected chi connectivity index (χ3v) is 4.15. The van der Waals surface area contributed by atoms with Crippen molar-refractivity contribution in [1.29, 1.82) is 0 Å². The molecule has 1 aromatic heterocycles. The maximum Gasteiger partial charge on any atom is 0.194 e. The number of hydrogen-bond donors (Lipinski definition) is 1. The number of benzene rings is 1. The molecule has 23 heavy (non-hydrogen) atoms. The van der Waals surface area contributed by atoms with Gasteiger partial charge in [0.2, 0.25) is 0 Å². The topological polar surface area (TPSA) is 58.3 Å². The van der Waals surface area contributed by atoms with Gasteiger partial charge in [0.05, 0.1) is 6.54 Å². The van der Waals surface area contributed by atoms with E-state index in [1.807, 2.05) is 29.8 Å². The van der Waals surface area contributed by atoms with Crippen LogP contribution in [-0.4, -0.2) is 39.7 Å². The Hall–Kier alpha value is -1.16. The Bertz CT molecular complexity index is 642. The first kappa shape index (κ1) is 19.9. The van der Waals surface area contributed by atoms with Crippen LogP contribution in [0.3, 0.4) is 0 Å². The molecular formula is C15H22BrIN6. The van der Waals surface area contributed by atoms with Gasteiger partial charge in [-0.1, -0.05) is 34.1 Å². The molecule has 0 amide bonds. The van der Waals surface area contributed by atoms with Crippen LogP contribution >= 0.6 is 39.9 Å². The third kappa shape index (κ3) is 5.45. The van der Waals surface area contributed by atoms with Gasteiger partial charge >= 0.3 is 0 Å². The van der Waals surface area contributed by atoms with Crippen LogP contribution in [0.2, 0.25) is 0 Å². The van der Waals surface area contributed by atoms with E-state index in [0.29, 0.717) is 6.54 Å². The zero-order valence-corrected chi connectivity index (χ0v) is 17.4. The van der Waals surface area contributed by atoms with Crippen LogP contribution in [0.5, 0.6) is 0 Å². The molecule has 1 heterocycles. The van der Waals surface area contributed by atoms with E-state index in [1.165, 1.54) is 5.56 Å². The predicted octanol–water partition coefficient (Wildman–Crippen LogP) is 2.89. The van der Waals surface area contributed by atoms with Gasteiger partial charge in [-0.3, -0.25) is 4.99 Å². The Morgan fingerprint density at radius 2 is 2.13 bits per heavy atom. The first-order valence-electron chi connectivity index (χ1n) is 7.17. The van der Waals surface area contributed by atoms with Gasteiger partial charge in [0.1, 0.15) is 6.33 Å². The third-order valence-electron chi connectivity index (χ3n) is 3.38. The van der Waals surface area contributed by atoms with Crippen molar-refractivity contribution in [1.82, 2.24) is 25.0 Å². The molecule has 0 atom stereocenters. The maximum absolute atomic E-state index is 4.33. The summed E-state index contributed by atoms with van der Waals surface area (Å²) in [6.45, 7) is 4.29. The van der Waals surface area contributed by atoms with E-state index in [4.69, 9.17) is 0 Å². The van der Waals surface area contributed by atoms with E-state index in [-0.39, 0.29) is 24.0 Å². The highest BCUT2D eigenvalue weighted by Crippen LogP contribution is 2.17. The molecule has 8 heteroatoms. The highest BCUT2D eigenvalue weighted by molar-refractivity contribution is 14.0. The van der Waals surface area contributed by atoms with E-state index in [1.54, 1.807) is 13.4 Å². The maximum atomic E-state index is 4.33. The van der Waals surface area contributed by atoms with E-state index in [2.05, 4.69) is 54.3 Å². The molecule has 0 fully saturated rings. The average molecular weight is 493 g/mol. The van der Waals surface area contributed by atoms with Gasteiger partial charge in [-0.2, -0.15) is 0 Å². The molecule has 0 aliphatic rings. The normalized spacial score (nSPS) is 11.0. The minimum atomic E-state index is 0. The molecule has 0 unspecified atom stereocenters. The number of aromatic nitrogens is 3. The fourth-order valence-corrected chi connectivity index (χ4v) is 2.59. The lowest BCUT2D eigenvalue weighted by atomic mass is 10.2. The Kier molecular flexibility index (Phi) is 8.53. The van der Waals surface area contributed by atoms with Crippen molar-refractivity contribution in [3.05, 3.63) is 46.5 Å². The largest absolute Gasteiger partial charge is 0.349 e. The second kappa shape index (κ2) is 9.86. The number of guanidine groups is 1. The number of hydrogen-bond acceptors (Lipinski definition) is 3. The summed E-state index contributed by atoms with van der Waals surface area (Å²) >= 11 is 3.58. The standard InChI is InChI=1S/C15H21BrN6.HI/c1-4-22-11-19-20-14(22)9-18-15(17-2)21(3)10-12-7-5-6-8-13(12)16;/h5-8,11H,4,9-10H2,1-3H3,(H,17,18);1H. The van der Waals surface area contributed by atoms with Crippen LogP contribution in [0, 0.1) is 0 Å². The molecule has 0 saturated carbocycles. The molecule has 2 rings (SSSR count). The van der Waals surface area contributed by atoms with E-state index in [0.717, 1.165) is 29.3 Å². The summed E-state index contributed by atoms with van der Waals surface area (Å²) in [7, 11) is 3.79. The number of aryl methyl sites for hydroxylation is 1. The van der Waals surface area contributed by atoms with Crippen molar-refractivity contribution in [3.63, 3.8) is 0 Å². The lowest BCUT2D eigenvalue weighted by molar-refractivity contribution is 0.473. The molecule has 0 bridgehead atoms. The fraction of sp³-hybridized carbons (Fsp3) is 0.400. The highest BCUT2D eigenvalue weighted by Gasteiger charge is 2.10. The summed E-state index contributed by atoms with van der Waals surface area (Å²) in [5.74, 6) is 1.72. The van der Waals surface area contributed by atoms with Crippen molar-refractivity contribution in [3.8, 4) is 0 Å². The van der Waals surface area contributed by atoms with Crippen LogP contribution in [0.4, 0.5) is 0 Å². The highest BCUT2D eigenvalue weighted by atomic mass is 127. The lowest BCUT2D eigenvalue weighted by Gasteiger charge is -2.22. The van der Waals surface area contributed by atoms with Gasteiger partial charge in [0.15, 0.2) is 11.8 Å². The van der Waals surface area contributed by atoms with Crippen LogP contribution < -0.4 is 5.32 Å².